The summed E-state index contributed by atoms with van der Waals surface area (Å²) < 4.78 is 50.3. The second kappa shape index (κ2) is 9.79. The van der Waals surface area contributed by atoms with Crippen molar-refractivity contribution in [3.63, 3.8) is 0 Å². The number of carboxylic acid groups (broad SMARTS) is 1. The molecule has 0 amide bonds. The average molecular weight is 525 g/mol. The zero-order valence-electron chi connectivity index (χ0n) is 21.0. The minimum absolute atomic E-state index is 0.00748. The van der Waals surface area contributed by atoms with Crippen molar-refractivity contribution in [1.82, 2.24) is 9.88 Å². The van der Waals surface area contributed by atoms with Gasteiger partial charge in [0.05, 0.1) is 0 Å². The normalized spacial score (nSPS) is 18.2. The molecule has 3 aromatic carbocycles. The zero-order chi connectivity index (χ0) is 27.1. The largest absolute Gasteiger partial charge is 0.484 e. The van der Waals surface area contributed by atoms with Crippen LogP contribution < -0.4 is 4.74 Å². The number of carbonyl (C=O) groups is 1. The summed E-state index contributed by atoms with van der Waals surface area (Å²) in [7, 11) is 0. The van der Waals surface area contributed by atoms with E-state index in [1.54, 1.807) is 17.9 Å². The highest BCUT2D eigenvalue weighted by molar-refractivity contribution is 5.82. The molecule has 1 aromatic heterocycles. The van der Waals surface area contributed by atoms with Gasteiger partial charge >= 0.3 is 12.1 Å². The number of aromatic nitrogens is 1. The van der Waals surface area contributed by atoms with Crippen LogP contribution in [0.2, 0.25) is 0 Å². The predicted octanol–water partition coefficient (Wildman–Crippen LogP) is 6.85. The van der Waals surface area contributed by atoms with Crippen LogP contribution in [-0.2, 0) is 11.3 Å². The lowest BCUT2D eigenvalue weighted by Crippen LogP contribution is -2.47. The first-order chi connectivity index (χ1) is 18.0. The fourth-order valence-corrected chi connectivity index (χ4v) is 5.05. The number of aliphatic carboxylic acids is 1. The maximum absolute atomic E-state index is 13.0. The molecule has 5 rings (SSSR count). The third-order valence-corrected chi connectivity index (χ3v) is 7.22. The van der Waals surface area contributed by atoms with E-state index >= 15 is 0 Å². The van der Waals surface area contributed by atoms with Gasteiger partial charge in [0.1, 0.15) is 16.8 Å². The van der Waals surface area contributed by atoms with Crippen LogP contribution in [0.3, 0.4) is 0 Å². The van der Waals surface area contributed by atoms with Crippen molar-refractivity contribution in [3.8, 4) is 28.3 Å². The fourth-order valence-electron chi connectivity index (χ4n) is 5.05. The van der Waals surface area contributed by atoms with Gasteiger partial charge < -0.3 is 14.3 Å². The molecule has 0 aliphatic carbocycles. The third kappa shape index (κ3) is 4.98. The smallest absolute Gasteiger partial charge is 0.422 e. The Morgan fingerprint density at radius 2 is 1.87 bits per heavy atom. The van der Waals surface area contributed by atoms with Crippen molar-refractivity contribution in [1.29, 1.82) is 0 Å². The number of nitrogens with zero attached hydrogens (tertiary/aromatic N) is 2. The molecule has 198 valence electrons. The molecule has 0 bridgehead atoms. The molecular formula is C29H27F3N2O4. The highest BCUT2D eigenvalue weighted by Gasteiger charge is 2.43. The van der Waals surface area contributed by atoms with Gasteiger partial charge in [-0.25, -0.2) is 4.98 Å². The van der Waals surface area contributed by atoms with Crippen LogP contribution in [0.1, 0.15) is 30.9 Å². The van der Waals surface area contributed by atoms with Gasteiger partial charge in [-0.15, -0.1) is 0 Å². The minimum atomic E-state index is -4.53. The molecule has 38 heavy (non-hydrogen) atoms. The van der Waals surface area contributed by atoms with E-state index in [0.717, 1.165) is 22.3 Å². The van der Waals surface area contributed by atoms with Gasteiger partial charge in [-0.2, -0.15) is 13.2 Å². The molecule has 0 radical (unpaired) electrons. The molecule has 1 saturated heterocycles. The Labute approximate surface area is 217 Å². The predicted molar refractivity (Wildman–Crippen MR) is 137 cm³/mol. The highest BCUT2D eigenvalue weighted by Crippen LogP contribution is 2.37. The zero-order valence-corrected chi connectivity index (χ0v) is 21.0. The van der Waals surface area contributed by atoms with Gasteiger partial charge in [0, 0.05) is 23.7 Å². The standard InChI is InChI=1S/C29H27F3N2O4/c1-18-21(19-8-4-3-5-9-19)10-6-11-22(18)26-33-23-14-20(16-34-13-7-12-28(34,2)27(35)36)24(15-25(23)38-26)37-17-29(30,31)32/h3-6,8-11,14-15H,7,12-13,16-17H2,1-2H3,(H,35,36). The number of carboxylic acids is 1. The lowest BCUT2D eigenvalue weighted by atomic mass is 9.96. The molecule has 1 N–H and O–H groups in total. The summed E-state index contributed by atoms with van der Waals surface area (Å²) in [6, 6.07) is 18.7. The van der Waals surface area contributed by atoms with Crippen LogP contribution in [0.25, 0.3) is 33.7 Å². The van der Waals surface area contributed by atoms with Gasteiger partial charge in [0.25, 0.3) is 0 Å². The van der Waals surface area contributed by atoms with Crippen molar-refractivity contribution in [3.05, 3.63) is 71.8 Å². The van der Waals surface area contributed by atoms with Gasteiger partial charge in [-0.1, -0.05) is 42.5 Å². The van der Waals surface area contributed by atoms with Crippen molar-refractivity contribution >= 4 is 17.1 Å². The molecular weight excluding hydrogens is 497 g/mol. The Bertz CT molecular complexity index is 1480. The van der Waals surface area contributed by atoms with Gasteiger partial charge in [0.15, 0.2) is 12.2 Å². The lowest BCUT2D eigenvalue weighted by Gasteiger charge is -2.31. The van der Waals surface area contributed by atoms with E-state index in [2.05, 4.69) is 4.98 Å². The number of halogens is 3. The van der Waals surface area contributed by atoms with Crippen molar-refractivity contribution < 1.29 is 32.2 Å². The first-order valence-electron chi connectivity index (χ1n) is 12.3. The summed E-state index contributed by atoms with van der Waals surface area (Å²) in [5, 5.41) is 9.78. The molecule has 2 heterocycles. The molecule has 1 aliphatic heterocycles. The Morgan fingerprint density at radius 3 is 2.58 bits per heavy atom. The van der Waals surface area contributed by atoms with E-state index in [9.17, 15) is 23.1 Å². The van der Waals surface area contributed by atoms with E-state index in [1.807, 2.05) is 55.5 Å². The van der Waals surface area contributed by atoms with E-state index < -0.39 is 24.3 Å². The summed E-state index contributed by atoms with van der Waals surface area (Å²) >= 11 is 0. The van der Waals surface area contributed by atoms with Crippen LogP contribution in [0.4, 0.5) is 13.2 Å². The molecule has 9 heteroatoms. The molecule has 1 fully saturated rings. The fraction of sp³-hybridized carbons (Fsp3) is 0.310. The number of benzene rings is 3. The maximum Gasteiger partial charge on any atom is 0.422 e. The topological polar surface area (TPSA) is 75.8 Å². The lowest BCUT2D eigenvalue weighted by molar-refractivity contribution is -0.153. The first-order valence-corrected chi connectivity index (χ1v) is 12.3. The van der Waals surface area contributed by atoms with Crippen molar-refractivity contribution in [2.45, 2.75) is 44.9 Å². The van der Waals surface area contributed by atoms with Crippen LogP contribution >= 0.6 is 0 Å². The first kappa shape index (κ1) is 25.8. The Balaban J connectivity index is 1.56. The SMILES string of the molecule is Cc1c(-c2ccccc2)cccc1-c1nc2cc(CN3CCCC3(C)C(=O)O)c(OCC(F)(F)F)cc2o1. The molecule has 0 spiro atoms. The number of hydrogen-bond donors (Lipinski definition) is 1. The number of ether oxygens (including phenoxy) is 1. The van der Waals surface area contributed by atoms with Crippen LogP contribution in [-0.4, -0.2) is 45.8 Å². The molecule has 1 aliphatic rings. The molecule has 4 aromatic rings. The second-order valence-electron chi connectivity index (χ2n) is 9.80. The van der Waals surface area contributed by atoms with Crippen LogP contribution in [0.5, 0.6) is 5.75 Å². The van der Waals surface area contributed by atoms with E-state index in [-0.39, 0.29) is 17.9 Å². The monoisotopic (exact) mass is 524 g/mol. The van der Waals surface area contributed by atoms with Crippen molar-refractivity contribution in [2.24, 2.45) is 0 Å². The number of oxazole rings is 1. The molecule has 1 atom stereocenters. The summed E-state index contributed by atoms with van der Waals surface area (Å²) in [5.74, 6) is -0.635. The number of hydrogen-bond acceptors (Lipinski definition) is 5. The summed E-state index contributed by atoms with van der Waals surface area (Å²) in [4.78, 5) is 18.4. The Morgan fingerprint density at radius 1 is 1.13 bits per heavy atom. The van der Waals surface area contributed by atoms with Crippen LogP contribution in [0.15, 0.2) is 65.1 Å². The average Bonchev–Trinajstić information content (AvgIpc) is 3.46. The highest BCUT2D eigenvalue weighted by atomic mass is 19.4. The number of likely N-dealkylation sites (tertiary alicyclic amines) is 1. The van der Waals surface area contributed by atoms with E-state index in [0.29, 0.717) is 36.4 Å². The maximum atomic E-state index is 13.0. The molecule has 6 nitrogen and oxygen atoms in total. The van der Waals surface area contributed by atoms with Gasteiger partial charge in [-0.3, -0.25) is 9.69 Å². The molecule has 0 saturated carbocycles. The Hall–Kier alpha value is -3.85. The van der Waals surface area contributed by atoms with Crippen LogP contribution in [0, 0.1) is 6.92 Å². The molecule has 1 unspecified atom stereocenters. The second-order valence-corrected chi connectivity index (χ2v) is 9.80. The minimum Gasteiger partial charge on any atom is -0.484 e. The van der Waals surface area contributed by atoms with Gasteiger partial charge in [-0.05, 0) is 62.1 Å². The quantitative estimate of drug-likeness (QED) is 0.285. The number of rotatable bonds is 7. The number of alkyl halides is 3. The van der Waals surface area contributed by atoms with E-state index in [1.165, 1.54) is 6.07 Å². The van der Waals surface area contributed by atoms with Crippen molar-refractivity contribution in [2.75, 3.05) is 13.2 Å². The van der Waals surface area contributed by atoms with E-state index in [4.69, 9.17) is 9.15 Å². The van der Waals surface area contributed by atoms with Gasteiger partial charge in [0.2, 0.25) is 5.89 Å². The Kier molecular flexibility index (Phi) is 6.65. The third-order valence-electron chi connectivity index (χ3n) is 7.22. The summed E-state index contributed by atoms with van der Waals surface area (Å²) in [6.45, 7) is 2.75. The summed E-state index contributed by atoms with van der Waals surface area (Å²) in [5.41, 5.74) is 3.82. The number of fused-ring (bicyclic) bond motifs is 1. The summed E-state index contributed by atoms with van der Waals surface area (Å²) in [6.07, 6.45) is -3.40.